The Kier molecular flexibility index (Phi) is 2.62. The Morgan fingerprint density at radius 1 is 1.25 bits per heavy atom. The maximum atomic E-state index is 5.92. The molecular formula is C10H11ClS. The van der Waals surface area contributed by atoms with Crippen molar-refractivity contribution < 1.29 is 0 Å². The first-order chi connectivity index (χ1) is 5.86. The number of thioether (sulfide) groups is 1. The molecule has 1 aliphatic heterocycles. The van der Waals surface area contributed by atoms with Gasteiger partial charge in [-0.3, -0.25) is 0 Å². The van der Waals surface area contributed by atoms with E-state index in [2.05, 4.69) is 12.1 Å². The second-order valence-electron chi connectivity index (χ2n) is 3.06. The van der Waals surface area contributed by atoms with Gasteiger partial charge in [0.1, 0.15) is 0 Å². The van der Waals surface area contributed by atoms with Crippen LogP contribution in [0.5, 0.6) is 0 Å². The van der Waals surface area contributed by atoms with E-state index in [1.165, 1.54) is 35.5 Å². The molecule has 0 bridgehead atoms. The zero-order chi connectivity index (χ0) is 8.39. The van der Waals surface area contributed by atoms with Crippen LogP contribution in [0, 0.1) is 0 Å². The summed E-state index contributed by atoms with van der Waals surface area (Å²) in [5.74, 6) is 1.24. The first kappa shape index (κ1) is 8.46. The summed E-state index contributed by atoms with van der Waals surface area (Å²) in [6.07, 6.45) is 3.87. The minimum atomic E-state index is 0.864. The van der Waals surface area contributed by atoms with Crippen LogP contribution in [0.15, 0.2) is 23.1 Å². The van der Waals surface area contributed by atoms with Crippen LogP contribution in [-0.2, 0) is 6.42 Å². The number of halogens is 1. The highest BCUT2D eigenvalue weighted by Crippen LogP contribution is 2.30. The van der Waals surface area contributed by atoms with Gasteiger partial charge < -0.3 is 0 Å². The summed E-state index contributed by atoms with van der Waals surface area (Å²) in [7, 11) is 0. The smallest absolute Gasteiger partial charge is 0.0417 e. The predicted octanol–water partition coefficient (Wildman–Crippen LogP) is 3.77. The molecule has 0 fully saturated rings. The molecule has 1 heterocycles. The molecular weight excluding hydrogens is 188 g/mol. The van der Waals surface area contributed by atoms with Crippen molar-refractivity contribution >= 4 is 23.4 Å². The van der Waals surface area contributed by atoms with Crippen LogP contribution in [0.25, 0.3) is 0 Å². The van der Waals surface area contributed by atoms with Crippen LogP contribution in [0.3, 0.4) is 0 Å². The standard InChI is InChI=1S/C10H11ClS/c11-9-5-4-8-3-1-2-6-12-10(8)7-9/h4-5,7H,1-3,6H2. The normalized spacial score (nSPS) is 16.8. The number of aryl methyl sites for hydroxylation is 1. The van der Waals surface area contributed by atoms with E-state index in [1.54, 1.807) is 0 Å². The van der Waals surface area contributed by atoms with Crippen LogP contribution in [0.2, 0.25) is 5.02 Å². The topological polar surface area (TPSA) is 0 Å². The molecule has 0 saturated heterocycles. The predicted molar refractivity (Wildman–Crippen MR) is 55.1 cm³/mol. The van der Waals surface area contributed by atoms with E-state index in [1.807, 2.05) is 17.8 Å². The highest BCUT2D eigenvalue weighted by molar-refractivity contribution is 7.99. The lowest BCUT2D eigenvalue weighted by Gasteiger charge is -2.03. The fraction of sp³-hybridized carbons (Fsp3) is 0.400. The maximum absolute atomic E-state index is 5.92. The number of rotatable bonds is 0. The van der Waals surface area contributed by atoms with Crippen molar-refractivity contribution in [3.8, 4) is 0 Å². The number of benzene rings is 1. The van der Waals surface area contributed by atoms with E-state index in [4.69, 9.17) is 11.6 Å². The molecule has 0 atom stereocenters. The molecule has 64 valence electrons. The van der Waals surface area contributed by atoms with Crippen molar-refractivity contribution in [1.29, 1.82) is 0 Å². The molecule has 2 heteroatoms. The van der Waals surface area contributed by atoms with Gasteiger partial charge in [-0.2, -0.15) is 0 Å². The Bertz CT molecular complexity index is 283. The van der Waals surface area contributed by atoms with Crippen LogP contribution < -0.4 is 0 Å². The summed E-state index contributed by atoms with van der Waals surface area (Å²) < 4.78 is 0. The molecule has 0 spiro atoms. The van der Waals surface area contributed by atoms with Crippen molar-refractivity contribution in [1.82, 2.24) is 0 Å². The van der Waals surface area contributed by atoms with E-state index < -0.39 is 0 Å². The van der Waals surface area contributed by atoms with E-state index in [0.29, 0.717) is 0 Å². The first-order valence-corrected chi connectivity index (χ1v) is 5.64. The summed E-state index contributed by atoms with van der Waals surface area (Å²) in [5, 5.41) is 0.864. The molecule has 0 unspecified atom stereocenters. The fourth-order valence-corrected chi connectivity index (χ4v) is 2.84. The summed E-state index contributed by atoms with van der Waals surface area (Å²) in [6, 6.07) is 6.25. The van der Waals surface area contributed by atoms with Gasteiger partial charge in [-0.25, -0.2) is 0 Å². The third-order valence-corrected chi connectivity index (χ3v) is 3.55. The zero-order valence-corrected chi connectivity index (χ0v) is 8.42. The fourth-order valence-electron chi connectivity index (χ4n) is 1.47. The van der Waals surface area contributed by atoms with Gasteiger partial charge in [0.15, 0.2) is 0 Å². The third kappa shape index (κ3) is 1.78. The summed E-state index contributed by atoms with van der Waals surface area (Å²) in [4.78, 5) is 1.39. The second kappa shape index (κ2) is 3.71. The Labute approximate surface area is 82.3 Å². The quantitative estimate of drug-likeness (QED) is 0.612. The highest BCUT2D eigenvalue weighted by Gasteiger charge is 2.07. The van der Waals surface area contributed by atoms with E-state index in [-0.39, 0.29) is 0 Å². The van der Waals surface area contributed by atoms with Gasteiger partial charge in [-0.1, -0.05) is 17.7 Å². The van der Waals surface area contributed by atoms with Gasteiger partial charge in [-0.05, 0) is 42.7 Å². The van der Waals surface area contributed by atoms with Gasteiger partial charge in [-0.15, -0.1) is 11.8 Å². The summed E-state index contributed by atoms with van der Waals surface area (Å²) >= 11 is 7.86. The Hall–Kier alpha value is -0.140. The number of fused-ring (bicyclic) bond motifs is 1. The molecule has 0 nitrogen and oxygen atoms in total. The van der Waals surface area contributed by atoms with Crippen LogP contribution in [0.4, 0.5) is 0 Å². The summed E-state index contributed by atoms with van der Waals surface area (Å²) in [6.45, 7) is 0. The minimum absolute atomic E-state index is 0.864. The molecule has 1 aliphatic rings. The van der Waals surface area contributed by atoms with Crippen LogP contribution in [-0.4, -0.2) is 5.75 Å². The molecule has 1 aromatic rings. The average molecular weight is 199 g/mol. The van der Waals surface area contributed by atoms with Gasteiger partial charge in [0.05, 0.1) is 0 Å². The SMILES string of the molecule is Clc1ccc2c(c1)SCCCC2. The van der Waals surface area contributed by atoms with Crippen molar-refractivity contribution in [3.63, 3.8) is 0 Å². The Morgan fingerprint density at radius 3 is 3.08 bits per heavy atom. The van der Waals surface area contributed by atoms with Crippen LogP contribution >= 0.6 is 23.4 Å². The monoisotopic (exact) mass is 198 g/mol. The van der Waals surface area contributed by atoms with Crippen molar-refractivity contribution in [2.75, 3.05) is 5.75 Å². The summed E-state index contributed by atoms with van der Waals surface area (Å²) in [5.41, 5.74) is 1.47. The molecule has 2 rings (SSSR count). The third-order valence-electron chi connectivity index (χ3n) is 2.13. The van der Waals surface area contributed by atoms with Crippen molar-refractivity contribution in [3.05, 3.63) is 28.8 Å². The molecule has 0 amide bonds. The lowest BCUT2D eigenvalue weighted by Crippen LogP contribution is -1.84. The minimum Gasteiger partial charge on any atom is -0.126 e. The average Bonchev–Trinajstić information content (AvgIpc) is 2.28. The molecule has 0 aliphatic carbocycles. The largest absolute Gasteiger partial charge is 0.126 e. The molecule has 0 saturated carbocycles. The van der Waals surface area contributed by atoms with Gasteiger partial charge in [0, 0.05) is 9.92 Å². The second-order valence-corrected chi connectivity index (χ2v) is 4.63. The van der Waals surface area contributed by atoms with Crippen molar-refractivity contribution in [2.24, 2.45) is 0 Å². The molecule has 0 radical (unpaired) electrons. The van der Waals surface area contributed by atoms with E-state index in [0.717, 1.165) is 5.02 Å². The zero-order valence-electron chi connectivity index (χ0n) is 6.85. The molecule has 0 N–H and O–H groups in total. The molecule has 1 aromatic carbocycles. The van der Waals surface area contributed by atoms with Crippen molar-refractivity contribution in [2.45, 2.75) is 24.2 Å². The van der Waals surface area contributed by atoms with Gasteiger partial charge in [0.25, 0.3) is 0 Å². The highest BCUT2D eigenvalue weighted by atomic mass is 35.5. The van der Waals surface area contributed by atoms with Crippen LogP contribution in [0.1, 0.15) is 18.4 Å². The molecule has 0 aromatic heterocycles. The first-order valence-electron chi connectivity index (χ1n) is 4.27. The maximum Gasteiger partial charge on any atom is 0.0417 e. The lowest BCUT2D eigenvalue weighted by molar-refractivity contribution is 0.804. The van der Waals surface area contributed by atoms with Gasteiger partial charge >= 0.3 is 0 Å². The number of hydrogen-bond acceptors (Lipinski definition) is 1. The molecule has 12 heavy (non-hydrogen) atoms. The van der Waals surface area contributed by atoms with Gasteiger partial charge in [0.2, 0.25) is 0 Å². The number of hydrogen-bond donors (Lipinski definition) is 0. The van der Waals surface area contributed by atoms with E-state index >= 15 is 0 Å². The lowest BCUT2D eigenvalue weighted by atomic mass is 10.1. The Morgan fingerprint density at radius 2 is 2.17 bits per heavy atom. The Balaban J connectivity index is 2.36. The van der Waals surface area contributed by atoms with E-state index in [9.17, 15) is 0 Å².